The van der Waals surface area contributed by atoms with E-state index < -0.39 is 0 Å². The monoisotopic (exact) mass is 356 g/mol. The number of carbonyl (C=O) groups is 1. The molecular formula is C18H17ClN4O2. The zero-order chi connectivity index (χ0) is 18.1. The summed E-state index contributed by atoms with van der Waals surface area (Å²) in [5, 5.41) is 0.531. The third kappa shape index (κ3) is 2.96. The van der Waals surface area contributed by atoms with Crippen molar-refractivity contribution in [2.45, 2.75) is 6.54 Å². The lowest BCUT2D eigenvalue weighted by Gasteiger charge is -2.13. The summed E-state index contributed by atoms with van der Waals surface area (Å²) >= 11 is 6.30. The van der Waals surface area contributed by atoms with Crippen LogP contribution in [0.4, 0.5) is 0 Å². The number of amides is 1. The minimum absolute atomic E-state index is 0.183. The third-order valence-electron chi connectivity index (χ3n) is 3.81. The van der Waals surface area contributed by atoms with Gasteiger partial charge in [0.1, 0.15) is 5.69 Å². The van der Waals surface area contributed by atoms with Gasteiger partial charge in [-0.2, -0.15) is 0 Å². The van der Waals surface area contributed by atoms with Gasteiger partial charge in [0.25, 0.3) is 11.5 Å². The molecule has 0 N–H and O–H groups in total. The zero-order valence-corrected chi connectivity index (χ0v) is 14.7. The fourth-order valence-electron chi connectivity index (χ4n) is 2.61. The van der Waals surface area contributed by atoms with Crippen molar-refractivity contribution < 1.29 is 4.79 Å². The van der Waals surface area contributed by atoms with E-state index in [9.17, 15) is 9.59 Å². The zero-order valence-electron chi connectivity index (χ0n) is 13.9. The normalized spacial score (nSPS) is 10.8. The van der Waals surface area contributed by atoms with Crippen LogP contribution in [0.25, 0.3) is 16.9 Å². The Morgan fingerprint density at radius 3 is 2.68 bits per heavy atom. The van der Waals surface area contributed by atoms with Crippen LogP contribution in [0.1, 0.15) is 10.5 Å². The standard InChI is InChI=1S/C18H17ClN4O2/c1-4-9-23-15(12-7-5-6-8-13(12)19)11-22-10-14(17(24)21(2)3)20-16(22)18(23)25/h4-8,10-11H,1,9H2,2-3H3. The molecule has 0 aliphatic rings. The first-order chi connectivity index (χ1) is 11.9. The van der Waals surface area contributed by atoms with Gasteiger partial charge < -0.3 is 4.90 Å². The van der Waals surface area contributed by atoms with Crippen molar-refractivity contribution in [2.24, 2.45) is 0 Å². The average Bonchev–Trinajstić information content (AvgIpc) is 3.01. The quantitative estimate of drug-likeness (QED) is 0.675. The van der Waals surface area contributed by atoms with Gasteiger partial charge >= 0.3 is 0 Å². The first-order valence-electron chi connectivity index (χ1n) is 7.64. The Morgan fingerprint density at radius 1 is 1.32 bits per heavy atom. The molecule has 6 nitrogen and oxygen atoms in total. The molecule has 0 spiro atoms. The first kappa shape index (κ1) is 17.0. The van der Waals surface area contributed by atoms with Crippen LogP contribution in [-0.4, -0.2) is 38.9 Å². The highest BCUT2D eigenvalue weighted by molar-refractivity contribution is 6.33. The molecule has 0 saturated heterocycles. The van der Waals surface area contributed by atoms with E-state index in [1.807, 2.05) is 18.2 Å². The van der Waals surface area contributed by atoms with E-state index >= 15 is 0 Å². The summed E-state index contributed by atoms with van der Waals surface area (Å²) in [5.74, 6) is -0.266. The van der Waals surface area contributed by atoms with Gasteiger partial charge in [-0.25, -0.2) is 4.98 Å². The Bertz CT molecular complexity index is 1030. The summed E-state index contributed by atoms with van der Waals surface area (Å²) < 4.78 is 3.11. The molecule has 0 atom stereocenters. The molecule has 0 unspecified atom stereocenters. The molecule has 7 heteroatoms. The molecule has 2 aromatic heterocycles. The molecule has 0 aliphatic heterocycles. The van der Waals surface area contributed by atoms with E-state index in [1.54, 1.807) is 47.6 Å². The lowest BCUT2D eigenvalue weighted by Crippen LogP contribution is -2.24. The molecular weight excluding hydrogens is 340 g/mol. The van der Waals surface area contributed by atoms with Crippen LogP contribution in [0.3, 0.4) is 0 Å². The molecule has 0 aliphatic carbocycles. The fraction of sp³-hybridized carbons (Fsp3) is 0.167. The van der Waals surface area contributed by atoms with Crippen molar-refractivity contribution in [1.82, 2.24) is 18.9 Å². The van der Waals surface area contributed by atoms with E-state index in [0.29, 0.717) is 17.3 Å². The van der Waals surface area contributed by atoms with Crippen molar-refractivity contribution >= 4 is 23.2 Å². The second kappa shape index (κ2) is 6.57. The van der Waals surface area contributed by atoms with Gasteiger partial charge in [-0.15, -0.1) is 6.58 Å². The molecule has 0 radical (unpaired) electrons. The van der Waals surface area contributed by atoms with Crippen LogP contribution in [0.15, 0.2) is 54.1 Å². The van der Waals surface area contributed by atoms with Crippen LogP contribution in [0.2, 0.25) is 5.02 Å². The van der Waals surface area contributed by atoms with Crippen molar-refractivity contribution in [2.75, 3.05) is 14.1 Å². The van der Waals surface area contributed by atoms with E-state index in [0.717, 1.165) is 5.56 Å². The largest absolute Gasteiger partial charge is 0.343 e. The van der Waals surface area contributed by atoms with Crippen LogP contribution in [0.5, 0.6) is 0 Å². The average molecular weight is 357 g/mol. The van der Waals surface area contributed by atoms with Gasteiger partial charge in [-0.1, -0.05) is 35.9 Å². The molecule has 3 rings (SSSR count). The van der Waals surface area contributed by atoms with Crippen molar-refractivity contribution in [3.8, 4) is 11.3 Å². The van der Waals surface area contributed by atoms with Crippen LogP contribution < -0.4 is 5.56 Å². The Kier molecular flexibility index (Phi) is 4.46. The number of benzene rings is 1. The molecule has 2 heterocycles. The second-order valence-corrected chi connectivity index (χ2v) is 6.16. The number of rotatable bonds is 4. The smallest absolute Gasteiger partial charge is 0.295 e. The van der Waals surface area contributed by atoms with Crippen LogP contribution >= 0.6 is 11.6 Å². The van der Waals surface area contributed by atoms with E-state index in [2.05, 4.69) is 11.6 Å². The minimum atomic E-state index is -0.310. The lowest BCUT2D eigenvalue weighted by atomic mass is 10.1. The highest BCUT2D eigenvalue weighted by Gasteiger charge is 2.18. The Hall–Kier alpha value is -2.86. The number of nitrogens with zero attached hydrogens (tertiary/aromatic N) is 4. The van der Waals surface area contributed by atoms with Gasteiger partial charge in [0.2, 0.25) is 5.65 Å². The van der Waals surface area contributed by atoms with E-state index in [4.69, 9.17) is 11.6 Å². The van der Waals surface area contributed by atoms with Crippen molar-refractivity contribution in [3.63, 3.8) is 0 Å². The number of aromatic nitrogens is 3. The molecule has 3 aromatic rings. The summed E-state index contributed by atoms with van der Waals surface area (Å²) in [7, 11) is 3.27. The maximum absolute atomic E-state index is 12.9. The van der Waals surface area contributed by atoms with Gasteiger partial charge in [0.05, 0.1) is 5.69 Å². The molecule has 0 bridgehead atoms. The Morgan fingerprint density at radius 2 is 2.04 bits per heavy atom. The number of imidazole rings is 1. The second-order valence-electron chi connectivity index (χ2n) is 5.76. The number of fused-ring (bicyclic) bond motifs is 1. The summed E-state index contributed by atoms with van der Waals surface area (Å²) in [6.07, 6.45) is 4.94. The van der Waals surface area contributed by atoms with Gasteiger partial charge in [0.15, 0.2) is 0 Å². The van der Waals surface area contributed by atoms with Crippen molar-refractivity contribution in [3.05, 3.63) is 70.4 Å². The lowest BCUT2D eigenvalue weighted by molar-refractivity contribution is 0.0822. The number of hydrogen-bond acceptors (Lipinski definition) is 3. The first-order valence-corrected chi connectivity index (χ1v) is 8.02. The highest BCUT2D eigenvalue weighted by atomic mass is 35.5. The summed E-state index contributed by atoms with van der Waals surface area (Å²) in [4.78, 5) is 30.7. The SMILES string of the molecule is C=CCn1c(-c2ccccc2Cl)cn2cc(C(=O)N(C)C)nc2c1=O. The van der Waals surface area contributed by atoms with Gasteiger partial charge in [0, 0.05) is 43.6 Å². The molecule has 1 amide bonds. The predicted octanol–water partition coefficient (Wildman–Crippen LogP) is 2.70. The third-order valence-corrected chi connectivity index (χ3v) is 4.14. The molecule has 1 aromatic carbocycles. The van der Waals surface area contributed by atoms with Crippen LogP contribution in [0, 0.1) is 0 Å². The maximum Gasteiger partial charge on any atom is 0.295 e. The number of halogens is 1. The van der Waals surface area contributed by atoms with Gasteiger partial charge in [-0.05, 0) is 6.07 Å². The topological polar surface area (TPSA) is 59.6 Å². The number of hydrogen-bond donors (Lipinski definition) is 0. The molecule has 0 fully saturated rings. The molecule has 128 valence electrons. The summed E-state index contributed by atoms with van der Waals surface area (Å²) in [6.45, 7) is 4.02. The number of allylic oxidation sites excluding steroid dienone is 1. The Balaban J connectivity index is 2.32. The maximum atomic E-state index is 12.9. The van der Waals surface area contributed by atoms with E-state index in [1.165, 1.54) is 4.90 Å². The summed E-state index contributed by atoms with van der Waals surface area (Å²) in [6, 6.07) is 7.28. The molecule has 0 saturated carbocycles. The fourth-order valence-corrected chi connectivity index (χ4v) is 2.84. The number of carbonyl (C=O) groups excluding carboxylic acids is 1. The Labute approximate surface area is 149 Å². The van der Waals surface area contributed by atoms with Crippen molar-refractivity contribution in [1.29, 1.82) is 0 Å². The van der Waals surface area contributed by atoms with Crippen LogP contribution in [-0.2, 0) is 6.54 Å². The van der Waals surface area contributed by atoms with E-state index in [-0.39, 0.29) is 22.8 Å². The highest BCUT2D eigenvalue weighted by Crippen LogP contribution is 2.27. The minimum Gasteiger partial charge on any atom is -0.343 e. The summed E-state index contributed by atoms with van der Waals surface area (Å²) in [5.41, 5.74) is 1.44. The predicted molar refractivity (Wildman–Crippen MR) is 98.1 cm³/mol. The molecule has 25 heavy (non-hydrogen) atoms. The van der Waals surface area contributed by atoms with Gasteiger partial charge in [-0.3, -0.25) is 18.6 Å².